The van der Waals surface area contributed by atoms with Gasteiger partial charge in [-0.05, 0) is 74.7 Å². The standard InChI is InChI=1S/C28H35NO3/c1-20(2)29(21(3)4)18-25(30)19-32-26-15-12-24(13-16-26)28(31)17-14-23-10-7-9-22-8-5-6-11-27(22)23/h5-13,15-16,20-21,25,30H,14,17-19H2,1-4H3/t25-/m1/s1. The Morgan fingerprint density at radius 1 is 0.906 bits per heavy atom. The van der Waals surface area contributed by atoms with Gasteiger partial charge in [0.25, 0.3) is 0 Å². The fraction of sp³-hybridized carbons (Fsp3) is 0.393. The lowest BCUT2D eigenvalue weighted by Gasteiger charge is -2.32. The zero-order valence-corrected chi connectivity index (χ0v) is 19.6. The molecule has 0 saturated heterocycles. The number of aliphatic hydroxyl groups is 1. The van der Waals surface area contributed by atoms with E-state index in [0.29, 0.717) is 42.8 Å². The summed E-state index contributed by atoms with van der Waals surface area (Å²) in [6, 6.07) is 22.5. The van der Waals surface area contributed by atoms with Crippen LogP contribution < -0.4 is 4.74 Å². The van der Waals surface area contributed by atoms with Crippen LogP contribution in [0.5, 0.6) is 5.75 Å². The molecule has 3 rings (SSSR count). The molecule has 0 fully saturated rings. The monoisotopic (exact) mass is 433 g/mol. The van der Waals surface area contributed by atoms with E-state index in [9.17, 15) is 9.90 Å². The number of carbonyl (C=O) groups excluding carboxylic acids is 1. The highest BCUT2D eigenvalue weighted by Gasteiger charge is 2.18. The van der Waals surface area contributed by atoms with Gasteiger partial charge in [-0.15, -0.1) is 0 Å². The van der Waals surface area contributed by atoms with Crippen LogP contribution in [0.25, 0.3) is 10.8 Å². The first kappa shape index (κ1) is 24.0. The van der Waals surface area contributed by atoms with Crippen LogP contribution in [0.3, 0.4) is 0 Å². The van der Waals surface area contributed by atoms with Gasteiger partial charge in [0.1, 0.15) is 18.5 Å². The van der Waals surface area contributed by atoms with Crippen molar-refractivity contribution in [2.24, 2.45) is 0 Å². The maximum atomic E-state index is 12.7. The largest absolute Gasteiger partial charge is 0.491 e. The van der Waals surface area contributed by atoms with Crippen LogP contribution in [0.1, 0.15) is 50.0 Å². The van der Waals surface area contributed by atoms with Gasteiger partial charge in [0.05, 0.1) is 0 Å². The molecular formula is C28H35NO3. The highest BCUT2D eigenvalue weighted by Crippen LogP contribution is 2.21. The summed E-state index contributed by atoms with van der Waals surface area (Å²) < 4.78 is 5.75. The van der Waals surface area contributed by atoms with Crippen LogP contribution in [0, 0.1) is 0 Å². The first-order valence-electron chi connectivity index (χ1n) is 11.5. The van der Waals surface area contributed by atoms with E-state index in [2.05, 4.69) is 56.9 Å². The second-order valence-corrected chi connectivity index (χ2v) is 8.93. The van der Waals surface area contributed by atoms with Crippen molar-refractivity contribution in [2.75, 3.05) is 13.2 Å². The number of nitrogens with zero attached hydrogens (tertiary/aromatic N) is 1. The summed E-state index contributed by atoms with van der Waals surface area (Å²) in [5.41, 5.74) is 1.88. The summed E-state index contributed by atoms with van der Waals surface area (Å²) in [5.74, 6) is 0.782. The topological polar surface area (TPSA) is 49.8 Å². The molecule has 0 aliphatic rings. The first-order chi connectivity index (χ1) is 15.3. The number of benzene rings is 3. The number of aryl methyl sites for hydroxylation is 1. The molecule has 170 valence electrons. The van der Waals surface area contributed by atoms with Crippen LogP contribution in [-0.4, -0.2) is 47.1 Å². The minimum atomic E-state index is -0.568. The number of aliphatic hydroxyl groups excluding tert-OH is 1. The van der Waals surface area contributed by atoms with Gasteiger partial charge in [-0.3, -0.25) is 9.69 Å². The lowest BCUT2D eigenvalue weighted by atomic mass is 9.98. The van der Waals surface area contributed by atoms with Crippen molar-refractivity contribution in [3.8, 4) is 5.75 Å². The van der Waals surface area contributed by atoms with E-state index in [1.165, 1.54) is 16.3 Å². The summed E-state index contributed by atoms with van der Waals surface area (Å²) in [7, 11) is 0. The van der Waals surface area contributed by atoms with Crippen LogP contribution in [0.15, 0.2) is 66.7 Å². The molecule has 0 amide bonds. The molecule has 0 unspecified atom stereocenters. The molecule has 4 heteroatoms. The fourth-order valence-corrected chi connectivity index (χ4v) is 4.15. The normalized spacial score (nSPS) is 12.6. The van der Waals surface area contributed by atoms with Crippen molar-refractivity contribution in [1.82, 2.24) is 4.90 Å². The Bertz CT molecular complexity index is 997. The number of hydrogen-bond donors (Lipinski definition) is 1. The summed E-state index contributed by atoms with van der Waals surface area (Å²) in [4.78, 5) is 14.9. The van der Waals surface area contributed by atoms with Crippen LogP contribution in [0.2, 0.25) is 0 Å². The van der Waals surface area contributed by atoms with Crippen molar-refractivity contribution in [3.05, 3.63) is 77.9 Å². The zero-order valence-electron chi connectivity index (χ0n) is 19.6. The van der Waals surface area contributed by atoms with E-state index in [1.54, 1.807) is 12.1 Å². The number of hydrogen-bond acceptors (Lipinski definition) is 4. The van der Waals surface area contributed by atoms with E-state index >= 15 is 0 Å². The summed E-state index contributed by atoms with van der Waals surface area (Å²) >= 11 is 0. The Kier molecular flexibility index (Phi) is 8.43. The van der Waals surface area contributed by atoms with Gasteiger partial charge in [-0.25, -0.2) is 0 Å². The maximum absolute atomic E-state index is 12.7. The number of ether oxygens (including phenoxy) is 1. The van der Waals surface area contributed by atoms with Gasteiger partial charge < -0.3 is 9.84 Å². The molecule has 1 atom stereocenters. The molecule has 0 radical (unpaired) electrons. The van der Waals surface area contributed by atoms with Crippen LogP contribution in [-0.2, 0) is 6.42 Å². The average molecular weight is 434 g/mol. The number of Topliss-reactive ketones (excluding diaryl/α,β-unsaturated/α-hetero) is 1. The molecule has 0 heterocycles. The smallest absolute Gasteiger partial charge is 0.163 e. The predicted molar refractivity (Wildman–Crippen MR) is 132 cm³/mol. The lowest BCUT2D eigenvalue weighted by Crippen LogP contribution is -2.43. The van der Waals surface area contributed by atoms with Gasteiger partial charge in [-0.2, -0.15) is 0 Å². The molecule has 32 heavy (non-hydrogen) atoms. The van der Waals surface area contributed by atoms with E-state index in [-0.39, 0.29) is 12.4 Å². The molecule has 3 aromatic carbocycles. The summed E-state index contributed by atoms with van der Waals surface area (Å²) in [6.07, 6.45) is 0.613. The van der Waals surface area contributed by atoms with Gasteiger partial charge in [0.15, 0.2) is 5.78 Å². The second kappa shape index (κ2) is 11.3. The number of fused-ring (bicyclic) bond motifs is 1. The lowest BCUT2D eigenvalue weighted by molar-refractivity contribution is 0.0445. The highest BCUT2D eigenvalue weighted by molar-refractivity contribution is 5.96. The number of carbonyl (C=O) groups is 1. The molecule has 0 aliphatic carbocycles. The molecule has 0 spiro atoms. The highest BCUT2D eigenvalue weighted by atomic mass is 16.5. The van der Waals surface area contributed by atoms with Gasteiger partial charge in [-0.1, -0.05) is 42.5 Å². The van der Waals surface area contributed by atoms with Gasteiger partial charge in [0.2, 0.25) is 0 Å². The molecule has 1 N–H and O–H groups in total. The molecule has 0 bridgehead atoms. The van der Waals surface area contributed by atoms with Crippen molar-refractivity contribution < 1.29 is 14.6 Å². The van der Waals surface area contributed by atoms with Crippen molar-refractivity contribution in [2.45, 2.75) is 58.7 Å². The summed E-state index contributed by atoms with van der Waals surface area (Å²) in [6.45, 7) is 9.31. The van der Waals surface area contributed by atoms with E-state index in [0.717, 1.165) is 0 Å². The van der Waals surface area contributed by atoms with Crippen molar-refractivity contribution in [1.29, 1.82) is 0 Å². The third-order valence-corrected chi connectivity index (χ3v) is 5.87. The quantitative estimate of drug-likeness (QED) is 0.405. The van der Waals surface area contributed by atoms with Crippen molar-refractivity contribution >= 4 is 16.6 Å². The maximum Gasteiger partial charge on any atom is 0.163 e. The number of ketones is 1. The fourth-order valence-electron chi connectivity index (χ4n) is 4.15. The Hall–Kier alpha value is -2.69. The first-order valence-corrected chi connectivity index (χ1v) is 11.5. The summed E-state index contributed by atoms with van der Waals surface area (Å²) in [5, 5.41) is 12.8. The SMILES string of the molecule is CC(C)N(C[C@@H](O)COc1ccc(C(=O)CCc2cccc3ccccc23)cc1)C(C)C. The Morgan fingerprint density at radius 3 is 2.25 bits per heavy atom. The van der Waals surface area contributed by atoms with E-state index < -0.39 is 6.10 Å². The molecule has 0 saturated carbocycles. The van der Waals surface area contributed by atoms with Crippen LogP contribution in [0.4, 0.5) is 0 Å². The van der Waals surface area contributed by atoms with Gasteiger partial charge >= 0.3 is 0 Å². The minimum Gasteiger partial charge on any atom is -0.491 e. The number of rotatable bonds is 11. The Morgan fingerprint density at radius 2 is 1.56 bits per heavy atom. The molecule has 3 aromatic rings. The van der Waals surface area contributed by atoms with Crippen LogP contribution >= 0.6 is 0 Å². The van der Waals surface area contributed by atoms with Crippen molar-refractivity contribution in [3.63, 3.8) is 0 Å². The zero-order chi connectivity index (χ0) is 23.1. The molecule has 0 aromatic heterocycles. The second-order valence-electron chi connectivity index (χ2n) is 8.93. The third kappa shape index (κ3) is 6.41. The average Bonchev–Trinajstić information content (AvgIpc) is 2.79. The van der Waals surface area contributed by atoms with Gasteiger partial charge in [0, 0.05) is 30.6 Å². The molecular weight excluding hydrogens is 398 g/mol. The van der Waals surface area contributed by atoms with E-state index in [1.807, 2.05) is 30.3 Å². The minimum absolute atomic E-state index is 0.119. The Labute approximate surface area is 191 Å². The molecule has 0 aliphatic heterocycles. The predicted octanol–water partition coefficient (Wildman–Crippen LogP) is 5.51. The Balaban J connectivity index is 1.52. The molecule has 4 nitrogen and oxygen atoms in total. The van der Waals surface area contributed by atoms with E-state index in [4.69, 9.17) is 4.74 Å². The third-order valence-electron chi connectivity index (χ3n) is 5.87.